The van der Waals surface area contributed by atoms with E-state index in [1.165, 1.54) is 12.1 Å². The standard InChI is InChI=1S/C11H10ClFIN3/c12-5-1-2-9-7-17(16-15-9)11-4-3-8(13)6-10(11)14/h3-4,6-7H,1-2,5H2. The maximum atomic E-state index is 13.0. The summed E-state index contributed by atoms with van der Waals surface area (Å²) in [5.41, 5.74) is 1.72. The van der Waals surface area contributed by atoms with Gasteiger partial charge in [0.1, 0.15) is 5.82 Å². The average molecular weight is 366 g/mol. The topological polar surface area (TPSA) is 30.7 Å². The van der Waals surface area contributed by atoms with Crippen molar-refractivity contribution in [2.75, 3.05) is 5.88 Å². The van der Waals surface area contributed by atoms with Gasteiger partial charge in [-0.3, -0.25) is 0 Å². The lowest BCUT2D eigenvalue weighted by Gasteiger charge is -2.02. The number of hydrogen-bond acceptors (Lipinski definition) is 2. The molecule has 1 aromatic heterocycles. The molecule has 0 aliphatic heterocycles. The van der Waals surface area contributed by atoms with Crippen LogP contribution in [0.4, 0.5) is 4.39 Å². The number of alkyl halides is 1. The van der Waals surface area contributed by atoms with Crippen LogP contribution in [0.5, 0.6) is 0 Å². The van der Waals surface area contributed by atoms with Gasteiger partial charge in [-0.25, -0.2) is 9.07 Å². The molecule has 0 amide bonds. The number of benzene rings is 1. The summed E-state index contributed by atoms with van der Waals surface area (Å²) in [6, 6.07) is 4.57. The van der Waals surface area contributed by atoms with E-state index in [0.717, 1.165) is 27.8 Å². The molecule has 1 aromatic carbocycles. The SMILES string of the molecule is Fc1ccc(-n2cc(CCCCl)nn2)c(I)c1. The van der Waals surface area contributed by atoms with Gasteiger partial charge >= 0.3 is 0 Å². The van der Waals surface area contributed by atoms with Crippen molar-refractivity contribution < 1.29 is 4.39 Å². The predicted octanol–water partition coefficient (Wildman–Crippen LogP) is 3.18. The lowest BCUT2D eigenvalue weighted by molar-refractivity contribution is 0.625. The van der Waals surface area contributed by atoms with Gasteiger partial charge < -0.3 is 0 Å². The average Bonchev–Trinajstić information content (AvgIpc) is 2.75. The number of halogens is 3. The molecule has 6 heteroatoms. The molecule has 17 heavy (non-hydrogen) atoms. The zero-order valence-corrected chi connectivity index (χ0v) is 11.8. The first kappa shape index (κ1) is 12.8. The zero-order valence-electron chi connectivity index (χ0n) is 8.91. The molecule has 0 fully saturated rings. The maximum absolute atomic E-state index is 13.0. The summed E-state index contributed by atoms with van der Waals surface area (Å²) in [7, 11) is 0. The first-order valence-electron chi connectivity index (χ1n) is 5.13. The lowest BCUT2D eigenvalue weighted by atomic mass is 10.3. The van der Waals surface area contributed by atoms with E-state index in [2.05, 4.69) is 32.9 Å². The molecule has 0 N–H and O–H groups in total. The van der Waals surface area contributed by atoms with Crippen molar-refractivity contribution in [3.63, 3.8) is 0 Å². The number of nitrogens with zero attached hydrogens (tertiary/aromatic N) is 3. The third kappa shape index (κ3) is 3.16. The Morgan fingerprint density at radius 1 is 1.41 bits per heavy atom. The predicted molar refractivity (Wildman–Crippen MR) is 73.1 cm³/mol. The highest BCUT2D eigenvalue weighted by Crippen LogP contribution is 2.17. The van der Waals surface area contributed by atoms with Crippen LogP contribution < -0.4 is 0 Å². The smallest absolute Gasteiger partial charge is 0.124 e. The molecule has 0 atom stereocenters. The molecular formula is C11H10ClFIN3. The van der Waals surface area contributed by atoms with Gasteiger partial charge in [0, 0.05) is 9.45 Å². The van der Waals surface area contributed by atoms with Crippen LogP contribution in [0.2, 0.25) is 0 Å². The Bertz CT molecular complexity index is 515. The summed E-state index contributed by atoms with van der Waals surface area (Å²) >= 11 is 7.70. The van der Waals surface area contributed by atoms with Crippen LogP contribution in [0.25, 0.3) is 5.69 Å². The molecule has 1 heterocycles. The fourth-order valence-corrected chi connectivity index (χ4v) is 2.30. The van der Waals surface area contributed by atoms with Gasteiger partial charge in [0.05, 0.1) is 17.6 Å². The molecule has 0 radical (unpaired) electrons. The first-order valence-corrected chi connectivity index (χ1v) is 6.74. The van der Waals surface area contributed by atoms with Crippen molar-refractivity contribution in [3.8, 4) is 5.69 Å². The Hall–Kier alpha value is -0.690. The molecule has 2 aromatic rings. The Morgan fingerprint density at radius 2 is 2.24 bits per heavy atom. The van der Waals surface area contributed by atoms with E-state index in [4.69, 9.17) is 11.6 Å². The molecule has 3 nitrogen and oxygen atoms in total. The minimum atomic E-state index is -0.249. The monoisotopic (exact) mass is 365 g/mol. The van der Waals surface area contributed by atoms with Gasteiger partial charge in [0.15, 0.2) is 0 Å². The van der Waals surface area contributed by atoms with Gasteiger partial charge in [-0.2, -0.15) is 0 Å². The fourth-order valence-electron chi connectivity index (χ4n) is 1.45. The van der Waals surface area contributed by atoms with Crippen molar-refractivity contribution >= 4 is 34.2 Å². The van der Waals surface area contributed by atoms with E-state index in [1.807, 2.05) is 6.20 Å². The Morgan fingerprint density at radius 3 is 2.94 bits per heavy atom. The largest absolute Gasteiger partial charge is 0.219 e. The van der Waals surface area contributed by atoms with Crippen LogP contribution >= 0.6 is 34.2 Å². The summed E-state index contributed by atoms with van der Waals surface area (Å²) in [6.45, 7) is 0. The number of aromatic nitrogens is 3. The molecule has 0 bridgehead atoms. The summed E-state index contributed by atoms with van der Waals surface area (Å²) in [6.07, 6.45) is 3.53. The highest BCUT2D eigenvalue weighted by Gasteiger charge is 2.06. The van der Waals surface area contributed by atoms with Crippen molar-refractivity contribution in [2.24, 2.45) is 0 Å². The molecule has 0 saturated carbocycles. The van der Waals surface area contributed by atoms with Crippen molar-refractivity contribution in [2.45, 2.75) is 12.8 Å². The third-order valence-electron chi connectivity index (χ3n) is 2.26. The Labute approximate surface area is 117 Å². The maximum Gasteiger partial charge on any atom is 0.124 e. The Balaban J connectivity index is 2.24. The van der Waals surface area contributed by atoms with E-state index in [-0.39, 0.29) is 5.82 Å². The minimum absolute atomic E-state index is 0.249. The van der Waals surface area contributed by atoms with Gasteiger partial charge in [-0.05, 0) is 53.6 Å². The van der Waals surface area contributed by atoms with Gasteiger partial charge in [0.25, 0.3) is 0 Å². The molecule has 0 unspecified atom stereocenters. The molecular weight excluding hydrogens is 355 g/mol. The molecule has 0 aliphatic carbocycles. The second-order valence-electron chi connectivity index (χ2n) is 3.54. The summed E-state index contributed by atoms with van der Waals surface area (Å²) in [5.74, 6) is 0.363. The molecule has 90 valence electrons. The highest BCUT2D eigenvalue weighted by molar-refractivity contribution is 14.1. The van der Waals surface area contributed by atoms with Crippen molar-refractivity contribution in [1.82, 2.24) is 15.0 Å². The van der Waals surface area contributed by atoms with Gasteiger partial charge in [-0.15, -0.1) is 16.7 Å². The molecule has 0 aliphatic rings. The van der Waals surface area contributed by atoms with Crippen LogP contribution in [0.1, 0.15) is 12.1 Å². The van der Waals surface area contributed by atoms with Crippen LogP contribution in [0.15, 0.2) is 24.4 Å². The van der Waals surface area contributed by atoms with Crippen LogP contribution in [-0.2, 0) is 6.42 Å². The van der Waals surface area contributed by atoms with Crippen molar-refractivity contribution in [3.05, 3.63) is 39.5 Å². The quantitative estimate of drug-likeness (QED) is 0.615. The number of aryl methyl sites for hydroxylation is 1. The normalized spacial score (nSPS) is 10.8. The zero-order chi connectivity index (χ0) is 12.3. The van der Waals surface area contributed by atoms with Crippen LogP contribution in [0, 0.1) is 9.39 Å². The summed E-state index contributed by atoms with van der Waals surface area (Å²) in [5, 5.41) is 8.08. The van der Waals surface area contributed by atoms with E-state index in [0.29, 0.717) is 5.88 Å². The minimum Gasteiger partial charge on any atom is -0.219 e. The molecule has 2 rings (SSSR count). The van der Waals surface area contributed by atoms with Crippen molar-refractivity contribution in [1.29, 1.82) is 0 Å². The van der Waals surface area contributed by atoms with Gasteiger partial charge in [-0.1, -0.05) is 5.21 Å². The first-order chi connectivity index (χ1) is 8.20. The Kier molecular flexibility index (Phi) is 4.33. The van der Waals surface area contributed by atoms with E-state index in [9.17, 15) is 4.39 Å². The highest BCUT2D eigenvalue weighted by atomic mass is 127. The number of hydrogen-bond donors (Lipinski definition) is 0. The second-order valence-corrected chi connectivity index (χ2v) is 5.08. The summed E-state index contributed by atoms with van der Waals surface area (Å²) < 4.78 is 15.4. The molecule has 0 spiro atoms. The van der Waals surface area contributed by atoms with E-state index in [1.54, 1.807) is 10.7 Å². The van der Waals surface area contributed by atoms with Gasteiger partial charge in [0.2, 0.25) is 0 Å². The lowest BCUT2D eigenvalue weighted by Crippen LogP contribution is -1.98. The van der Waals surface area contributed by atoms with E-state index >= 15 is 0 Å². The fraction of sp³-hybridized carbons (Fsp3) is 0.273. The molecule has 0 saturated heterocycles. The van der Waals surface area contributed by atoms with E-state index < -0.39 is 0 Å². The van der Waals surface area contributed by atoms with Crippen LogP contribution in [0.3, 0.4) is 0 Å². The second kappa shape index (κ2) is 5.77. The van der Waals surface area contributed by atoms with Crippen LogP contribution in [-0.4, -0.2) is 20.9 Å². The summed E-state index contributed by atoms with van der Waals surface area (Å²) in [4.78, 5) is 0. The third-order valence-corrected chi connectivity index (χ3v) is 3.40. The number of rotatable bonds is 4.